The van der Waals surface area contributed by atoms with E-state index in [0.717, 1.165) is 25.8 Å². The van der Waals surface area contributed by atoms with Crippen LogP contribution in [0, 0.1) is 0 Å². The van der Waals surface area contributed by atoms with Gasteiger partial charge in [0.05, 0.1) is 6.17 Å². The molecule has 2 rings (SSSR count). The molecule has 1 atom stereocenters. The number of urea groups is 1. The SMILES string of the molecule is CCN1C(=O)CN(C2CCCCN2)C1=O. The molecular weight excluding hydrogens is 194 g/mol. The highest BCUT2D eigenvalue weighted by molar-refractivity contribution is 6.02. The third kappa shape index (κ3) is 1.84. The van der Waals surface area contributed by atoms with Crippen LogP contribution in [0.3, 0.4) is 0 Å². The zero-order chi connectivity index (χ0) is 10.8. The van der Waals surface area contributed by atoms with E-state index in [0.29, 0.717) is 6.54 Å². The van der Waals surface area contributed by atoms with Gasteiger partial charge in [0, 0.05) is 6.54 Å². The van der Waals surface area contributed by atoms with E-state index in [1.54, 1.807) is 4.90 Å². The lowest BCUT2D eigenvalue weighted by atomic mass is 10.1. The second kappa shape index (κ2) is 4.18. The highest BCUT2D eigenvalue weighted by atomic mass is 16.2. The molecular formula is C10H17N3O2. The van der Waals surface area contributed by atoms with Gasteiger partial charge in [-0.2, -0.15) is 0 Å². The first-order valence-corrected chi connectivity index (χ1v) is 5.58. The molecule has 5 nitrogen and oxygen atoms in total. The molecule has 2 aliphatic rings. The second-order valence-electron chi connectivity index (χ2n) is 4.01. The minimum absolute atomic E-state index is 0.0618. The first-order chi connectivity index (χ1) is 7.24. The highest BCUT2D eigenvalue weighted by Crippen LogP contribution is 2.18. The number of nitrogens with one attached hydrogen (secondary N) is 1. The number of carbonyl (C=O) groups is 2. The Labute approximate surface area is 89.4 Å². The Kier molecular flexibility index (Phi) is 2.90. The largest absolute Gasteiger partial charge is 0.328 e. The fourth-order valence-electron chi connectivity index (χ4n) is 2.22. The van der Waals surface area contributed by atoms with Gasteiger partial charge in [0.25, 0.3) is 0 Å². The lowest BCUT2D eigenvalue weighted by Gasteiger charge is -2.31. The van der Waals surface area contributed by atoms with E-state index in [1.807, 2.05) is 6.92 Å². The molecule has 0 saturated carbocycles. The molecule has 84 valence electrons. The van der Waals surface area contributed by atoms with E-state index >= 15 is 0 Å². The molecule has 0 radical (unpaired) electrons. The molecule has 2 heterocycles. The van der Waals surface area contributed by atoms with E-state index in [9.17, 15) is 9.59 Å². The molecule has 0 aliphatic carbocycles. The first-order valence-electron chi connectivity index (χ1n) is 5.58. The van der Waals surface area contributed by atoms with Crippen molar-refractivity contribution in [2.75, 3.05) is 19.6 Å². The zero-order valence-corrected chi connectivity index (χ0v) is 9.03. The number of imide groups is 1. The van der Waals surface area contributed by atoms with Crippen molar-refractivity contribution in [3.63, 3.8) is 0 Å². The molecule has 2 saturated heterocycles. The molecule has 2 fully saturated rings. The van der Waals surface area contributed by atoms with E-state index in [2.05, 4.69) is 5.32 Å². The summed E-state index contributed by atoms with van der Waals surface area (Å²) < 4.78 is 0. The molecule has 0 aromatic rings. The van der Waals surface area contributed by atoms with Crippen LogP contribution in [0.4, 0.5) is 4.79 Å². The smallest absolute Gasteiger partial charge is 0.299 e. The summed E-state index contributed by atoms with van der Waals surface area (Å²) >= 11 is 0. The third-order valence-corrected chi connectivity index (χ3v) is 3.06. The molecule has 3 amide bonds. The molecule has 0 bridgehead atoms. The molecule has 1 unspecified atom stereocenters. The summed E-state index contributed by atoms with van der Waals surface area (Å²) in [4.78, 5) is 26.3. The van der Waals surface area contributed by atoms with E-state index in [4.69, 9.17) is 0 Å². The van der Waals surface area contributed by atoms with Crippen LogP contribution >= 0.6 is 0 Å². The van der Waals surface area contributed by atoms with Crippen molar-refractivity contribution in [1.29, 1.82) is 0 Å². The summed E-state index contributed by atoms with van der Waals surface area (Å²) in [6, 6.07) is -0.137. The molecule has 5 heteroatoms. The Morgan fingerprint density at radius 3 is 2.73 bits per heavy atom. The van der Waals surface area contributed by atoms with Crippen molar-refractivity contribution in [2.24, 2.45) is 0 Å². The normalized spacial score (nSPS) is 27.7. The van der Waals surface area contributed by atoms with Crippen LogP contribution < -0.4 is 5.32 Å². The van der Waals surface area contributed by atoms with Crippen LogP contribution in [0.2, 0.25) is 0 Å². The maximum atomic E-state index is 11.8. The lowest BCUT2D eigenvalue weighted by Crippen LogP contribution is -2.49. The van der Waals surface area contributed by atoms with Crippen LogP contribution in [-0.4, -0.2) is 47.5 Å². The van der Waals surface area contributed by atoms with Crippen molar-refractivity contribution in [3.8, 4) is 0 Å². The van der Waals surface area contributed by atoms with Crippen molar-refractivity contribution in [1.82, 2.24) is 15.1 Å². The number of carbonyl (C=O) groups excluding carboxylic acids is 2. The predicted octanol–water partition coefficient (Wildman–Crippen LogP) is 0.370. The van der Waals surface area contributed by atoms with E-state index in [-0.39, 0.29) is 24.6 Å². The molecule has 0 aromatic carbocycles. The number of amides is 3. The number of likely N-dealkylation sites (N-methyl/N-ethyl adjacent to an activating group) is 1. The monoisotopic (exact) mass is 211 g/mol. The van der Waals surface area contributed by atoms with Gasteiger partial charge in [0.2, 0.25) is 5.91 Å². The minimum Gasteiger partial charge on any atom is -0.299 e. The van der Waals surface area contributed by atoms with Gasteiger partial charge in [-0.1, -0.05) is 0 Å². The van der Waals surface area contributed by atoms with Crippen molar-refractivity contribution >= 4 is 11.9 Å². The van der Waals surface area contributed by atoms with Gasteiger partial charge in [-0.3, -0.25) is 19.9 Å². The van der Waals surface area contributed by atoms with Gasteiger partial charge in [-0.05, 0) is 32.7 Å². The Balaban J connectivity index is 2.04. The molecule has 0 spiro atoms. The van der Waals surface area contributed by atoms with Crippen molar-refractivity contribution < 1.29 is 9.59 Å². The maximum Gasteiger partial charge on any atom is 0.328 e. The Hall–Kier alpha value is -1.10. The molecule has 2 aliphatic heterocycles. The number of hydrogen-bond acceptors (Lipinski definition) is 3. The van der Waals surface area contributed by atoms with Crippen LogP contribution in [0.5, 0.6) is 0 Å². The van der Waals surface area contributed by atoms with Crippen molar-refractivity contribution in [3.05, 3.63) is 0 Å². The lowest BCUT2D eigenvalue weighted by molar-refractivity contribution is -0.125. The van der Waals surface area contributed by atoms with Crippen LogP contribution in [0.15, 0.2) is 0 Å². The van der Waals surface area contributed by atoms with Gasteiger partial charge < -0.3 is 0 Å². The van der Waals surface area contributed by atoms with E-state index < -0.39 is 0 Å². The van der Waals surface area contributed by atoms with E-state index in [1.165, 1.54) is 4.90 Å². The van der Waals surface area contributed by atoms with Crippen LogP contribution in [0.25, 0.3) is 0 Å². The Bertz CT molecular complexity index is 274. The van der Waals surface area contributed by atoms with Gasteiger partial charge >= 0.3 is 6.03 Å². The summed E-state index contributed by atoms with van der Waals surface area (Å²) in [5.74, 6) is -0.0742. The van der Waals surface area contributed by atoms with Crippen LogP contribution in [0.1, 0.15) is 26.2 Å². The summed E-state index contributed by atoms with van der Waals surface area (Å²) in [6.45, 7) is 3.48. The summed E-state index contributed by atoms with van der Waals surface area (Å²) in [5, 5.41) is 3.28. The van der Waals surface area contributed by atoms with Gasteiger partial charge in [-0.25, -0.2) is 4.79 Å². The fourth-order valence-corrected chi connectivity index (χ4v) is 2.22. The standard InChI is InChI=1S/C10H17N3O2/c1-2-12-9(14)7-13(10(12)15)8-5-3-4-6-11-8/h8,11H,2-7H2,1H3. The zero-order valence-electron chi connectivity index (χ0n) is 9.03. The minimum atomic E-state index is -0.137. The van der Waals surface area contributed by atoms with Gasteiger partial charge in [0.1, 0.15) is 6.54 Å². The number of rotatable bonds is 2. The average Bonchev–Trinajstić information content (AvgIpc) is 2.55. The maximum absolute atomic E-state index is 11.8. The predicted molar refractivity (Wildman–Crippen MR) is 55.1 cm³/mol. The summed E-state index contributed by atoms with van der Waals surface area (Å²) in [5.41, 5.74) is 0. The number of hydrogen-bond donors (Lipinski definition) is 1. The molecule has 15 heavy (non-hydrogen) atoms. The topological polar surface area (TPSA) is 52.7 Å². The number of piperidine rings is 1. The van der Waals surface area contributed by atoms with Gasteiger partial charge in [-0.15, -0.1) is 0 Å². The quantitative estimate of drug-likeness (QED) is 0.671. The summed E-state index contributed by atoms with van der Waals surface area (Å²) in [7, 11) is 0. The third-order valence-electron chi connectivity index (χ3n) is 3.06. The van der Waals surface area contributed by atoms with Crippen LogP contribution in [-0.2, 0) is 4.79 Å². The molecule has 1 N–H and O–H groups in total. The Morgan fingerprint density at radius 2 is 2.20 bits per heavy atom. The average molecular weight is 211 g/mol. The first kappa shape index (κ1) is 10.4. The summed E-state index contributed by atoms with van der Waals surface area (Å²) in [6.07, 6.45) is 3.30. The number of nitrogens with zero attached hydrogens (tertiary/aromatic N) is 2. The second-order valence-corrected chi connectivity index (χ2v) is 4.01. The highest BCUT2D eigenvalue weighted by Gasteiger charge is 2.38. The van der Waals surface area contributed by atoms with Gasteiger partial charge in [0.15, 0.2) is 0 Å². The molecule has 0 aromatic heterocycles. The Morgan fingerprint density at radius 1 is 1.40 bits per heavy atom. The fraction of sp³-hybridized carbons (Fsp3) is 0.800. The van der Waals surface area contributed by atoms with Crippen molar-refractivity contribution in [2.45, 2.75) is 32.4 Å².